The second-order valence-corrected chi connectivity index (χ2v) is 5.08. The molecular weight excluding hydrogens is 250 g/mol. The maximum atomic E-state index is 5.15. The normalized spacial score (nSPS) is 12.5. The van der Waals surface area contributed by atoms with E-state index in [2.05, 4.69) is 46.6 Å². The molecule has 1 atom stereocenters. The van der Waals surface area contributed by atoms with E-state index in [0.717, 1.165) is 6.42 Å². The lowest BCUT2D eigenvalue weighted by atomic mass is 10.0. The van der Waals surface area contributed by atoms with Gasteiger partial charge in [0.05, 0.1) is 6.54 Å². The van der Waals surface area contributed by atoms with E-state index >= 15 is 0 Å². The first-order valence-electron chi connectivity index (χ1n) is 7.37. The van der Waals surface area contributed by atoms with Gasteiger partial charge in [0.25, 0.3) is 0 Å². The molecule has 0 aliphatic rings. The van der Waals surface area contributed by atoms with Gasteiger partial charge in [-0.3, -0.25) is 0 Å². The molecule has 4 nitrogen and oxygen atoms in total. The predicted molar refractivity (Wildman–Crippen MR) is 79.2 cm³/mol. The summed E-state index contributed by atoms with van der Waals surface area (Å²) in [5.41, 5.74) is 1.32. The second-order valence-electron chi connectivity index (χ2n) is 5.08. The second kappa shape index (κ2) is 7.80. The fourth-order valence-electron chi connectivity index (χ4n) is 2.29. The van der Waals surface area contributed by atoms with E-state index in [4.69, 9.17) is 4.52 Å². The molecule has 1 aromatic carbocycles. The van der Waals surface area contributed by atoms with Crippen LogP contribution >= 0.6 is 0 Å². The summed E-state index contributed by atoms with van der Waals surface area (Å²) >= 11 is 0. The molecule has 0 aliphatic carbocycles. The maximum Gasteiger partial charge on any atom is 0.240 e. The van der Waals surface area contributed by atoms with Gasteiger partial charge < -0.3 is 9.84 Å². The molecule has 1 heterocycles. The van der Waals surface area contributed by atoms with Crippen molar-refractivity contribution < 1.29 is 4.52 Å². The molecule has 0 bridgehead atoms. The van der Waals surface area contributed by atoms with Crippen molar-refractivity contribution >= 4 is 0 Å². The number of hydrogen-bond donors (Lipinski definition) is 1. The van der Waals surface area contributed by atoms with E-state index in [1.54, 1.807) is 0 Å². The highest BCUT2D eigenvalue weighted by Crippen LogP contribution is 2.20. The zero-order chi connectivity index (χ0) is 14.2. The number of rotatable bonds is 8. The molecular formula is C16H23N3O. The maximum absolute atomic E-state index is 5.15. The zero-order valence-corrected chi connectivity index (χ0v) is 12.3. The molecule has 0 radical (unpaired) electrons. The molecule has 0 saturated heterocycles. The molecule has 1 unspecified atom stereocenters. The van der Waals surface area contributed by atoms with E-state index in [-0.39, 0.29) is 0 Å². The number of hydrogen-bond acceptors (Lipinski definition) is 4. The first-order chi connectivity index (χ1) is 9.79. The Hall–Kier alpha value is -1.68. The molecule has 1 N–H and O–H groups in total. The fourth-order valence-corrected chi connectivity index (χ4v) is 2.29. The molecule has 0 spiro atoms. The van der Waals surface area contributed by atoms with Gasteiger partial charge in [-0.05, 0) is 18.9 Å². The van der Waals surface area contributed by atoms with Crippen LogP contribution in [0.4, 0.5) is 0 Å². The van der Waals surface area contributed by atoms with Crippen molar-refractivity contribution in [2.45, 2.75) is 52.1 Å². The fraction of sp³-hybridized carbons (Fsp3) is 0.500. The topological polar surface area (TPSA) is 51.0 Å². The summed E-state index contributed by atoms with van der Waals surface area (Å²) < 4.78 is 5.15. The van der Waals surface area contributed by atoms with Crippen LogP contribution in [0, 0.1) is 6.92 Å². The third-order valence-electron chi connectivity index (χ3n) is 3.37. The monoisotopic (exact) mass is 273 g/mol. The van der Waals surface area contributed by atoms with Gasteiger partial charge in [0.2, 0.25) is 5.89 Å². The third kappa shape index (κ3) is 4.46. The Balaban J connectivity index is 1.95. The van der Waals surface area contributed by atoms with Gasteiger partial charge in [-0.1, -0.05) is 61.7 Å². The molecule has 2 rings (SSSR count). The highest BCUT2D eigenvalue weighted by atomic mass is 16.5. The minimum atomic E-state index is 0.343. The summed E-state index contributed by atoms with van der Waals surface area (Å²) in [5, 5.41) is 7.34. The molecule has 1 aromatic heterocycles. The van der Waals surface area contributed by atoms with Crippen molar-refractivity contribution in [3.8, 4) is 0 Å². The summed E-state index contributed by atoms with van der Waals surface area (Å²) in [4.78, 5) is 4.23. The third-order valence-corrected chi connectivity index (χ3v) is 3.37. The molecule has 108 valence electrons. The largest absolute Gasteiger partial charge is 0.338 e. The number of nitrogens with zero attached hydrogens (tertiary/aromatic N) is 2. The summed E-state index contributed by atoms with van der Waals surface area (Å²) in [6.45, 7) is 4.68. The smallest absolute Gasteiger partial charge is 0.240 e. The molecule has 0 aliphatic heterocycles. The zero-order valence-electron chi connectivity index (χ0n) is 12.3. The molecule has 0 fully saturated rings. The van der Waals surface area contributed by atoms with Crippen molar-refractivity contribution in [3.05, 3.63) is 47.6 Å². The van der Waals surface area contributed by atoms with E-state index in [9.17, 15) is 0 Å². The van der Waals surface area contributed by atoms with Crippen LogP contribution in [0.25, 0.3) is 0 Å². The van der Waals surface area contributed by atoms with Crippen LogP contribution in [-0.4, -0.2) is 10.1 Å². The first kappa shape index (κ1) is 14.7. The Labute approximate surface area is 120 Å². The van der Waals surface area contributed by atoms with Gasteiger partial charge in [-0.15, -0.1) is 0 Å². The number of unbranched alkanes of at least 4 members (excludes halogenated alkanes) is 2. The summed E-state index contributed by atoms with van der Waals surface area (Å²) in [6, 6.07) is 10.9. The van der Waals surface area contributed by atoms with Crippen LogP contribution in [0.3, 0.4) is 0 Å². The van der Waals surface area contributed by atoms with Crippen LogP contribution in [0.1, 0.15) is 55.9 Å². The van der Waals surface area contributed by atoms with Gasteiger partial charge in [-0.25, -0.2) is 0 Å². The van der Waals surface area contributed by atoms with Crippen molar-refractivity contribution in [2.24, 2.45) is 0 Å². The van der Waals surface area contributed by atoms with E-state index < -0.39 is 0 Å². The van der Waals surface area contributed by atoms with Crippen molar-refractivity contribution in [1.82, 2.24) is 15.5 Å². The Morgan fingerprint density at radius 3 is 2.65 bits per heavy atom. The molecule has 20 heavy (non-hydrogen) atoms. The van der Waals surface area contributed by atoms with E-state index in [0.29, 0.717) is 24.3 Å². The average Bonchev–Trinajstić information content (AvgIpc) is 2.89. The molecule has 0 amide bonds. The summed E-state index contributed by atoms with van der Waals surface area (Å²) in [5.74, 6) is 1.34. The van der Waals surface area contributed by atoms with Crippen molar-refractivity contribution in [1.29, 1.82) is 0 Å². The lowest BCUT2D eigenvalue weighted by molar-refractivity contribution is 0.350. The standard InChI is InChI=1S/C16H23N3O/c1-3-4-6-11-15(14-9-7-5-8-10-14)17-12-16-18-13(2)19-20-16/h5,7-10,15,17H,3-4,6,11-12H2,1-2H3. The van der Waals surface area contributed by atoms with Gasteiger partial charge >= 0.3 is 0 Å². The van der Waals surface area contributed by atoms with Crippen LogP contribution in [0.5, 0.6) is 0 Å². The lowest BCUT2D eigenvalue weighted by Gasteiger charge is -2.18. The number of nitrogens with one attached hydrogen (secondary N) is 1. The van der Waals surface area contributed by atoms with Crippen LogP contribution in [0.15, 0.2) is 34.9 Å². The first-order valence-corrected chi connectivity index (χ1v) is 7.37. The van der Waals surface area contributed by atoms with Gasteiger partial charge in [0, 0.05) is 6.04 Å². The number of benzene rings is 1. The average molecular weight is 273 g/mol. The highest BCUT2D eigenvalue weighted by molar-refractivity contribution is 5.18. The molecule has 0 saturated carbocycles. The molecule has 2 aromatic rings. The van der Waals surface area contributed by atoms with Crippen LogP contribution in [-0.2, 0) is 6.54 Å². The quantitative estimate of drug-likeness (QED) is 0.743. The Bertz CT molecular complexity index is 495. The lowest BCUT2D eigenvalue weighted by Crippen LogP contribution is -2.21. The number of aryl methyl sites for hydroxylation is 1. The summed E-state index contributed by atoms with van der Waals surface area (Å²) in [7, 11) is 0. The van der Waals surface area contributed by atoms with Crippen molar-refractivity contribution in [3.63, 3.8) is 0 Å². The van der Waals surface area contributed by atoms with Gasteiger partial charge in [0.15, 0.2) is 5.82 Å². The van der Waals surface area contributed by atoms with Crippen LogP contribution in [0.2, 0.25) is 0 Å². The minimum Gasteiger partial charge on any atom is -0.338 e. The Morgan fingerprint density at radius 1 is 1.20 bits per heavy atom. The summed E-state index contributed by atoms with van der Waals surface area (Å²) in [6.07, 6.45) is 4.87. The van der Waals surface area contributed by atoms with E-state index in [1.807, 2.05) is 13.0 Å². The van der Waals surface area contributed by atoms with E-state index in [1.165, 1.54) is 24.8 Å². The number of aromatic nitrogens is 2. The Kier molecular flexibility index (Phi) is 5.74. The SMILES string of the molecule is CCCCCC(NCc1nc(C)no1)c1ccccc1. The molecule has 4 heteroatoms. The predicted octanol–water partition coefficient (Wildman–Crippen LogP) is 3.79. The minimum absolute atomic E-state index is 0.343. The van der Waals surface area contributed by atoms with Gasteiger partial charge in [0.1, 0.15) is 0 Å². The van der Waals surface area contributed by atoms with Crippen LogP contribution < -0.4 is 5.32 Å². The van der Waals surface area contributed by atoms with Crippen molar-refractivity contribution in [2.75, 3.05) is 0 Å². The van der Waals surface area contributed by atoms with Gasteiger partial charge in [-0.2, -0.15) is 4.98 Å². The highest BCUT2D eigenvalue weighted by Gasteiger charge is 2.12. The Morgan fingerprint density at radius 2 is 2.00 bits per heavy atom.